The van der Waals surface area contributed by atoms with Gasteiger partial charge in [-0.1, -0.05) is 41.9 Å². The maximum absolute atomic E-state index is 9.39. The Morgan fingerprint density at radius 2 is 1.87 bits per heavy atom. The van der Waals surface area contributed by atoms with Crippen molar-refractivity contribution in [3.63, 3.8) is 0 Å². The fraction of sp³-hybridized carbons (Fsp3) is 0.500. The van der Waals surface area contributed by atoms with Crippen LogP contribution in [0.3, 0.4) is 0 Å². The van der Waals surface area contributed by atoms with Gasteiger partial charge >= 0.3 is 0 Å². The van der Waals surface area contributed by atoms with Crippen molar-refractivity contribution in [3.8, 4) is 0 Å². The van der Waals surface area contributed by atoms with Gasteiger partial charge in [0.15, 0.2) is 0 Å². The van der Waals surface area contributed by atoms with Crippen molar-refractivity contribution in [1.82, 2.24) is 0 Å². The van der Waals surface area contributed by atoms with E-state index in [4.69, 9.17) is 0 Å². The third-order valence-corrected chi connectivity index (χ3v) is 4.07. The summed E-state index contributed by atoms with van der Waals surface area (Å²) in [4.78, 5) is 1.22. The van der Waals surface area contributed by atoms with Gasteiger partial charge in [-0.3, -0.25) is 0 Å². The average molecular weight is 289 g/mol. The first-order chi connectivity index (χ1) is 7.13. The highest BCUT2D eigenvalue weighted by Crippen LogP contribution is 2.22. The zero-order valence-electron chi connectivity index (χ0n) is 9.11. The van der Waals surface area contributed by atoms with Crippen molar-refractivity contribution >= 4 is 27.7 Å². The fourth-order valence-corrected chi connectivity index (χ4v) is 2.55. The third kappa shape index (κ3) is 4.58. The first-order valence-electron chi connectivity index (χ1n) is 5.10. The van der Waals surface area contributed by atoms with Gasteiger partial charge in [0.25, 0.3) is 0 Å². The second-order valence-corrected chi connectivity index (χ2v) is 5.58. The molecule has 0 bridgehead atoms. The minimum atomic E-state index is -0.264. The Hall–Kier alpha value is 0.01000. The third-order valence-electron chi connectivity index (χ3n) is 2.17. The highest BCUT2D eigenvalue weighted by atomic mass is 79.9. The largest absolute Gasteiger partial charge is 0.391 e. The second-order valence-electron chi connectivity index (χ2n) is 3.84. The topological polar surface area (TPSA) is 20.2 Å². The van der Waals surface area contributed by atoms with Crippen LogP contribution >= 0.6 is 27.7 Å². The van der Waals surface area contributed by atoms with E-state index in [-0.39, 0.29) is 6.10 Å². The van der Waals surface area contributed by atoms with Crippen LogP contribution < -0.4 is 0 Å². The highest BCUT2D eigenvalue weighted by Gasteiger charge is 2.03. The molecule has 1 aromatic carbocycles. The predicted molar refractivity (Wildman–Crippen MR) is 71.1 cm³/mol. The van der Waals surface area contributed by atoms with E-state index in [2.05, 4.69) is 54.0 Å². The lowest BCUT2D eigenvalue weighted by Gasteiger charge is -2.08. The van der Waals surface area contributed by atoms with E-state index in [1.165, 1.54) is 10.5 Å². The molecule has 1 rings (SSSR count). The maximum Gasteiger partial charge on any atom is 0.0730 e. The van der Waals surface area contributed by atoms with E-state index in [9.17, 15) is 5.11 Å². The van der Waals surface area contributed by atoms with Gasteiger partial charge in [-0.2, -0.15) is 0 Å². The van der Waals surface area contributed by atoms with Gasteiger partial charge < -0.3 is 5.11 Å². The number of rotatable bonds is 5. The molecule has 0 aliphatic heterocycles. The van der Waals surface area contributed by atoms with Crippen molar-refractivity contribution < 1.29 is 5.11 Å². The van der Waals surface area contributed by atoms with Gasteiger partial charge in [0.2, 0.25) is 0 Å². The Balaban J connectivity index is 2.50. The molecule has 3 heteroatoms. The summed E-state index contributed by atoms with van der Waals surface area (Å²) in [7, 11) is 0. The monoisotopic (exact) mass is 288 g/mol. The molecule has 0 amide bonds. The van der Waals surface area contributed by atoms with Gasteiger partial charge in [0.05, 0.1) is 6.10 Å². The summed E-state index contributed by atoms with van der Waals surface area (Å²) in [6.45, 7) is 4.38. The van der Waals surface area contributed by atoms with Gasteiger partial charge in [-0.25, -0.2) is 0 Å². The van der Waals surface area contributed by atoms with Gasteiger partial charge in [0.1, 0.15) is 0 Å². The number of hydrogen-bond acceptors (Lipinski definition) is 2. The van der Waals surface area contributed by atoms with Crippen LogP contribution in [0, 0.1) is 0 Å². The summed E-state index contributed by atoms with van der Waals surface area (Å²) in [6.07, 6.45) is -0.264. The highest BCUT2D eigenvalue weighted by molar-refractivity contribution is 9.09. The Morgan fingerprint density at radius 1 is 1.27 bits per heavy atom. The summed E-state index contributed by atoms with van der Waals surface area (Å²) in [5.74, 6) is 1.32. The average Bonchev–Trinajstić information content (AvgIpc) is 2.26. The Morgan fingerprint density at radius 3 is 2.33 bits per heavy atom. The number of alkyl halides is 1. The van der Waals surface area contributed by atoms with Crippen LogP contribution in [-0.2, 0) is 0 Å². The van der Waals surface area contributed by atoms with Crippen LogP contribution in [0.5, 0.6) is 0 Å². The second kappa shape index (κ2) is 6.56. The smallest absolute Gasteiger partial charge is 0.0730 e. The number of benzene rings is 1. The SMILES string of the molecule is CC(C)c1ccc(SCC(O)CBr)cc1. The van der Waals surface area contributed by atoms with E-state index in [1.54, 1.807) is 11.8 Å². The molecule has 0 aromatic heterocycles. The number of aliphatic hydroxyl groups is 1. The van der Waals surface area contributed by atoms with Gasteiger partial charge in [0, 0.05) is 16.0 Å². The minimum absolute atomic E-state index is 0.264. The minimum Gasteiger partial charge on any atom is -0.391 e. The van der Waals surface area contributed by atoms with Crippen LogP contribution in [0.15, 0.2) is 29.2 Å². The molecule has 0 aliphatic carbocycles. The molecule has 1 atom stereocenters. The lowest BCUT2D eigenvalue weighted by Crippen LogP contribution is -2.10. The van der Waals surface area contributed by atoms with E-state index >= 15 is 0 Å². The fourth-order valence-electron chi connectivity index (χ4n) is 1.19. The molecular formula is C12H17BrOS. The quantitative estimate of drug-likeness (QED) is 0.659. The van der Waals surface area contributed by atoms with Crippen molar-refractivity contribution in [2.24, 2.45) is 0 Å². The zero-order chi connectivity index (χ0) is 11.3. The predicted octanol–water partition coefficient (Wildman–Crippen LogP) is 3.66. The molecule has 1 N–H and O–H groups in total. The Kier molecular flexibility index (Phi) is 5.72. The van der Waals surface area contributed by atoms with Crippen LogP contribution in [0.25, 0.3) is 0 Å². The Labute approximate surface area is 104 Å². The van der Waals surface area contributed by atoms with Crippen molar-refractivity contribution in [3.05, 3.63) is 29.8 Å². The van der Waals surface area contributed by atoms with E-state index < -0.39 is 0 Å². The van der Waals surface area contributed by atoms with E-state index in [1.807, 2.05) is 0 Å². The number of hydrogen-bond donors (Lipinski definition) is 1. The number of aliphatic hydroxyl groups excluding tert-OH is 1. The van der Waals surface area contributed by atoms with E-state index in [0.717, 1.165) is 5.75 Å². The summed E-state index contributed by atoms with van der Waals surface area (Å²) in [6, 6.07) is 8.57. The summed E-state index contributed by atoms with van der Waals surface area (Å²) >= 11 is 4.95. The molecule has 1 aromatic rings. The van der Waals surface area contributed by atoms with Crippen molar-refractivity contribution in [2.75, 3.05) is 11.1 Å². The molecule has 1 nitrogen and oxygen atoms in total. The standard InChI is InChI=1S/C12H17BrOS/c1-9(2)10-3-5-12(6-4-10)15-8-11(14)7-13/h3-6,9,11,14H,7-8H2,1-2H3. The van der Waals surface area contributed by atoms with Crippen molar-refractivity contribution in [2.45, 2.75) is 30.8 Å². The molecule has 84 valence electrons. The van der Waals surface area contributed by atoms with Crippen LogP contribution in [0.2, 0.25) is 0 Å². The Bertz CT molecular complexity index is 284. The van der Waals surface area contributed by atoms with Crippen LogP contribution in [0.1, 0.15) is 25.3 Å². The zero-order valence-corrected chi connectivity index (χ0v) is 11.5. The van der Waals surface area contributed by atoms with Gasteiger partial charge in [-0.05, 0) is 23.6 Å². The molecule has 0 saturated heterocycles. The first kappa shape index (κ1) is 13.1. The lowest BCUT2D eigenvalue weighted by atomic mass is 10.0. The van der Waals surface area contributed by atoms with Gasteiger partial charge in [-0.15, -0.1) is 11.8 Å². The normalized spacial score (nSPS) is 13.1. The summed E-state index contributed by atoms with van der Waals surface area (Å²) < 4.78 is 0. The molecular weight excluding hydrogens is 272 g/mol. The molecule has 1 unspecified atom stereocenters. The molecule has 0 spiro atoms. The van der Waals surface area contributed by atoms with Crippen molar-refractivity contribution in [1.29, 1.82) is 0 Å². The first-order valence-corrected chi connectivity index (χ1v) is 7.21. The lowest BCUT2D eigenvalue weighted by molar-refractivity contribution is 0.226. The molecule has 15 heavy (non-hydrogen) atoms. The molecule has 0 saturated carbocycles. The van der Waals surface area contributed by atoms with Crippen LogP contribution in [0.4, 0.5) is 0 Å². The summed E-state index contributed by atoms with van der Waals surface area (Å²) in [5.41, 5.74) is 1.36. The molecule has 0 fully saturated rings. The summed E-state index contributed by atoms with van der Waals surface area (Å²) in [5, 5.41) is 10.0. The number of thioether (sulfide) groups is 1. The number of halogens is 1. The van der Waals surface area contributed by atoms with Crippen LogP contribution in [-0.4, -0.2) is 22.3 Å². The maximum atomic E-state index is 9.39. The molecule has 0 heterocycles. The molecule has 0 aliphatic rings. The van der Waals surface area contributed by atoms with E-state index in [0.29, 0.717) is 11.2 Å². The molecule has 0 radical (unpaired) electrons.